The zero-order valence-electron chi connectivity index (χ0n) is 15.6. The molecule has 0 amide bonds. The Morgan fingerprint density at radius 3 is 2.50 bits per heavy atom. The summed E-state index contributed by atoms with van der Waals surface area (Å²) in [7, 11) is 3.56. The van der Waals surface area contributed by atoms with Crippen molar-refractivity contribution in [1.29, 1.82) is 0 Å². The third kappa shape index (κ3) is 7.70. The van der Waals surface area contributed by atoms with Crippen LogP contribution in [-0.4, -0.2) is 51.5 Å². The predicted octanol–water partition coefficient (Wildman–Crippen LogP) is 5.69. The minimum atomic E-state index is -2.84. The summed E-state index contributed by atoms with van der Waals surface area (Å²) in [6.07, 6.45) is 4.57. The number of thiocarbonyl (C=S) groups is 1. The first-order valence-corrected chi connectivity index (χ1v) is 14.0. The van der Waals surface area contributed by atoms with Gasteiger partial charge in [0.05, 0.1) is 12.0 Å². The molecule has 0 aliphatic rings. The van der Waals surface area contributed by atoms with E-state index in [1.807, 2.05) is 7.05 Å². The van der Waals surface area contributed by atoms with Crippen molar-refractivity contribution in [3.63, 3.8) is 0 Å². The Labute approximate surface area is 175 Å². The van der Waals surface area contributed by atoms with E-state index in [0.717, 1.165) is 23.5 Å². The summed E-state index contributed by atoms with van der Waals surface area (Å²) in [5.74, 6) is 1.24. The van der Waals surface area contributed by atoms with Gasteiger partial charge in [0.25, 0.3) is 6.65 Å². The summed E-state index contributed by atoms with van der Waals surface area (Å²) in [6.45, 7) is -0.204. The number of rotatable bonds is 13. The Balaban J connectivity index is 2.64. The van der Waals surface area contributed by atoms with Crippen LogP contribution in [0.5, 0.6) is 0 Å². The molecule has 148 valence electrons. The maximum atomic E-state index is 13.5. The number of nitrogens with zero attached hydrogens (tertiary/aromatic N) is 2. The van der Waals surface area contributed by atoms with Crippen LogP contribution in [0.15, 0.2) is 29.2 Å². The third-order valence-electron chi connectivity index (χ3n) is 3.92. The molecule has 1 rings (SSSR count). The maximum absolute atomic E-state index is 13.5. The summed E-state index contributed by atoms with van der Waals surface area (Å²) in [5.41, 5.74) is 1.44. The standard InChI is InChI=1S/C17H28ClN2O2PS3/c1-4-5-6-7-13-25-23(21,20(3)15-24)19(2)12-14-26(22)17-10-8-16(18)9-11-17/h8-11,15H,4-7,12-14H2,1-3H3. The van der Waals surface area contributed by atoms with E-state index in [2.05, 4.69) is 6.92 Å². The van der Waals surface area contributed by atoms with Crippen LogP contribution in [0.1, 0.15) is 32.6 Å². The second-order valence-electron chi connectivity index (χ2n) is 5.95. The molecule has 1 aromatic rings. The molecule has 1 aromatic carbocycles. The van der Waals surface area contributed by atoms with Crippen LogP contribution in [0.2, 0.25) is 5.02 Å². The Kier molecular flexibility index (Phi) is 11.8. The lowest BCUT2D eigenvalue weighted by Gasteiger charge is -2.33. The van der Waals surface area contributed by atoms with Crippen molar-refractivity contribution in [3.8, 4) is 0 Å². The highest BCUT2D eigenvalue weighted by Crippen LogP contribution is 2.62. The highest BCUT2D eigenvalue weighted by molar-refractivity contribution is 8.56. The topological polar surface area (TPSA) is 46.6 Å². The molecule has 0 aromatic heterocycles. The molecule has 0 bridgehead atoms. The van der Waals surface area contributed by atoms with E-state index < -0.39 is 17.8 Å². The van der Waals surface area contributed by atoms with Gasteiger partial charge in [0, 0.05) is 17.8 Å². The summed E-state index contributed by atoms with van der Waals surface area (Å²) >= 11 is 11.2. The number of unbranched alkanes of at least 4 members (excludes halogenated alkanes) is 3. The van der Waals surface area contributed by atoms with Crippen LogP contribution < -0.4 is 0 Å². The first kappa shape index (κ1) is 24.3. The molecule has 0 saturated carbocycles. The van der Waals surface area contributed by atoms with E-state index in [0.29, 0.717) is 17.3 Å². The van der Waals surface area contributed by atoms with Gasteiger partial charge in [-0.05, 0) is 48.9 Å². The van der Waals surface area contributed by atoms with Gasteiger partial charge in [-0.2, -0.15) is 0 Å². The predicted molar refractivity (Wildman–Crippen MR) is 121 cm³/mol. The van der Waals surface area contributed by atoms with Gasteiger partial charge in [-0.15, -0.1) is 0 Å². The van der Waals surface area contributed by atoms with Gasteiger partial charge in [-0.1, -0.05) is 61.4 Å². The second-order valence-corrected chi connectivity index (χ2v) is 13.3. The number of benzene rings is 1. The number of hydrogen-bond donors (Lipinski definition) is 0. The highest BCUT2D eigenvalue weighted by atomic mass is 35.5. The molecular weight excluding hydrogens is 427 g/mol. The van der Waals surface area contributed by atoms with Crippen LogP contribution in [0.3, 0.4) is 0 Å². The van der Waals surface area contributed by atoms with Crippen LogP contribution in [0.4, 0.5) is 0 Å². The molecule has 0 N–H and O–H groups in total. The number of hydrogen-bond acceptors (Lipinski definition) is 4. The molecule has 0 aliphatic carbocycles. The zero-order valence-corrected chi connectivity index (χ0v) is 19.7. The molecule has 0 spiro atoms. The molecular formula is C17H28ClN2O2PS3. The molecule has 0 radical (unpaired) electrons. The summed E-state index contributed by atoms with van der Waals surface area (Å²) in [5, 5.41) is 0.620. The van der Waals surface area contributed by atoms with Gasteiger partial charge in [0.15, 0.2) is 4.90 Å². The summed E-state index contributed by atoms with van der Waals surface area (Å²) in [6, 6.07) is 7.00. The van der Waals surface area contributed by atoms with Gasteiger partial charge in [-0.3, -0.25) is 4.57 Å². The second kappa shape index (κ2) is 12.7. The fourth-order valence-electron chi connectivity index (χ4n) is 2.25. The zero-order chi connectivity index (χ0) is 19.6. The first-order chi connectivity index (χ1) is 12.3. The molecule has 4 nitrogen and oxygen atoms in total. The monoisotopic (exact) mass is 454 g/mol. The van der Waals surface area contributed by atoms with Gasteiger partial charge in [0.1, 0.15) is 5.75 Å². The van der Waals surface area contributed by atoms with Crippen molar-refractivity contribution < 1.29 is 9.12 Å². The van der Waals surface area contributed by atoms with Crippen molar-refractivity contribution in [1.82, 2.24) is 9.34 Å². The Morgan fingerprint density at radius 1 is 1.27 bits per heavy atom. The van der Waals surface area contributed by atoms with Crippen LogP contribution in [0.25, 0.3) is 0 Å². The fourth-order valence-corrected chi connectivity index (χ4v) is 8.72. The minimum Gasteiger partial charge on any atom is -0.611 e. The Bertz CT molecular complexity index is 592. The van der Waals surface area contributed by atoms with Crippen molar-refractivity contribution in [2.24, 2.45) is 0 Å². The molecule has 0 saturated heterocycles. The van der Waals surface area contributed by atoms with E-state index in [1.54, 1.807) is 40.7 Å². The van der Waals surface area contributed by atoms with Crippen molar-refractivity contribution in [2.45, 2.75) is 37.5 Å². The largest absolute Gasteiger partial charge is 0.611 e. The van der Waals surface area contributed by atoms with Crippen LogP contribution >= 0.6 is 41.8 Å². The lowest BCUT2D eigenvalue weighted by Crippen LogP contribution is -2.28. The first-order valence-electron chi connectivity index (χ1n) is 8.64. The van der Waals surface area contributed by atoms with E-state index >= 15 is 0 Å². The van der Waals surface area contributed by atoms with E-state index in [-0.39, 0.29) is 0 Å². The average molecular weight is 455 g/mol. The van der Waals surface area contributed by atoms with E-state index in [9.17, 15) is 9.12 Å². The molecule has 0 fully saturated rings. The normalized spacial score (nSPS) is 14.8. The average Bonchev–Trinajstić information content (AvgIpc) is 2.65. The van der Waals surface area contributed by atoms with Gasteiger partial charge in [-0.25, -0.2) is 4.67 Å². The van der Waals surface area contributed by atoms with Crippen molar-refractivity contribution in [2.75, 3.05) is 32.1 Å². The smallest absolute Gasteiger partial charge is 0.295 e. The fraction of sp³-hybridized carbons (Fsp3) is 0.588. The Morgan fingerprint density at radius 2 is 1.92 bits per heavy atom. The molecule has 2 unspecified atom stereocenters. The van der Waals surface area contributed by atoms with Crippen molar-refractivity contribution in [3.05, 3.63) is 29.3 Å². The van der Waals surface area contributed by atoms with E-state index in [4.69, 9.17) is 23.8 Å². The highest BCUT2D eigenvalue weighted by Gasteiger charge is 2.32. The van der Waals surface area contributed by atoms with Crippen molar-refractivity contribution >= 4 is 58.5 Å². The van der Waals surface area contributed by atoms with Crippen LogP contribution in [0, 0.1) is 0 Å². The summed E-state index contributed by atoms with van der Waals surface area (Å²) in [4.78, 5) is 0.730. The number of halogens is 1. The summed E-state index contributed by atoms with van der Waals surface area (Å²) < 4.78 is 29.4. The quantitative estimate of drug-likeness (QED) is 0.165. The van der Waals surface area contributed by atoms with E-state index in [1.165, 1.54) is 29.7 Å². The molecule has 0 aliphatic heterocycles. The molecule has 0 heterocycles. The van der Waals surface area contributed by atoms with Gasteiger partial charge in [0.2, 0.25) is 0 Å². The minimum absolute atomic E-state index is 0.407. The third-order valence-corrected chi connectivity index (χ3v) is 11.9. The van der Waals surface area contributed by atoms with Gasteiger partial charge < -0.3 is 9.22 Å². The molecule has 26 heavy (non-hydrogen) atoms. The Hall–Kier alpha value is 0.250. The lowest BCUT2D eigenvalue weighted by atomic mass is 10.2. The molecule has 9 heteroatoms. The van der Waals surface area contributed by atoms with Gasteiger partial charge >= 0.3 is 0 Å². The molecule has 2 atom stereocenters. The van der Waals surface area contributed by atoms with Crippen LogP contribution in [-0.2, 0) is 15.7 Å². The maximum Gasteiger partial charge on any atom is 0.295 e. The SMILES string of the molecule is CCCCCCSP(=O)(N(C)C=S)N(C)CC[S+]([O-])c1ccc(Cl)cc1. The lowest BCUT2D eigenvalue weighted by molar-refractivity contribution is 0.465.